The Morgan fingerprint density at radius 3 is 2.74 bits per heavy atom. The number of alkyl halides is 1. The van der Waals surface area contributed by atoms with Gasteiger partial charge in [-0.2, -0.15) is 0 Å². The van der Waals surface area contributed by atoms with Crippen LogP contribution in [0, 0.1) is 0 Å². The van der Waals surface area contributed by atoms with E-state index in [4.69, 9.17) is 9.47 Å². The van der Waals surface area contributed by atoms with Crippen LogP contribution in [0.25, 0.3) is 0 Å². The van der Waals surface area contributed by atoms with Crippen LogP contribution in [-0.4, -0.2) is 13.2 Å². The summed E-state index contributed by atoms with van der Waals surface area (Å²) in [6, 6.07) is 10.3. The molecule has 0 saturated heterocycles. The Hall–Kier alpha value is -1.00. The highest BCUT2D eigenvalue weighted by atomic mass is 79.9. The topological polar surface area (TPSA) is 18.5 Å². The number of hydrogen-bond acceptors (Lipinski definition) is 3. The third kappa shape index (κ3) is 4.25. The number of halogens is 1. The predicted octanol–water partition coefficient (Wildman–Crippen LogP) is 4.66. The van der Waals surface area contributed by atoms with Gasteiger partial charge in [0.15, 0.2) is 11.5 Å². The van der Waals surface area contributed by atoms with Crippen molar-refractivity contribution in [3.05, 3.63) is 46.2 Å². The van der Waals surface area contributed by atoms with Gasteiger partial charge in [0.05, 0.1) is 13.2 Å². The first-order valence-corrected chi connectivity index (χ1v) is 8.30. The fraction of sp³-hybridized carbons (Fsp3) is 0.333. The summed E-state index contributed by atoms with van der Waals surface area (Å²) in [6.07, 6.45) is 0.934. The van der Waals surface area contributed by atoms with E-state index in [-0.39, 0.29) is 0 Å². The molecule has 0 radical (unpaired) electrons. The van der Waals surface area contributed by atoms with Crippen molar-refractivity contribution in [2.24, 2.45) is 0 Å². The fourth-order valence-electron chi connectivity index (χ4n) is 1.74. The first kappa shape index (κ1) is 14.4. The van der Waals surface area contributed by atoms with Gasteiger partial charge in [-0.3, -0.25) is 0 Å². The van der Waals surface area contributed by atoms with Crippen LogP contribution < -0.4 is 9.47 Å². The van der Waals surface area contributed by atoms with Gasteiger partial charge in [-0.15, -0.1) is 11.3 Å². The number of rotatable bonds is 7. The first-order valence-electron chi connectivity index (χ1n) is 6.30. The minimum absolute atomic E-state index is 0.646. The van der Waals surface area contributed by atoms with Crippen molar-refractivity contribution in [1.82, 2.24) is 0 Å². The van der Waals surface area contributed by atoms with Gasteiger partial charge in [0.1, 0.15) is 0 Å². The lowest BCUT2D eigenvalue weighted by Gasteiger charge is -2.12. The molecular formula is C15H17BrO2S. The minimum Gasteiger partial charge on any atom is -0.490 e. The average molecular weight is 341 g/mol. The molecule has 1 aromatic carbocycles. The Morgan fingerprint density at radius 2 is 2.05 bits per heavy atom. The molecular weight excluding hydrogens is 324 g/mol. The van der Waals surface area contributed by atoms with Gasteiger partial charge in [-0.1, -0.05) is 28.1 Å². The van der Waals surface area contributed by atoms with Crippen LogP contribution in [0.2, 0.25) is 0 Å². The lowest BCUT2D eigenvalue weighted by Crippen LogP contribution is -2.03. The molecule has 0 N–H and O–H groups in total. The summed E-state index contributed by atoms with van der Waals surface area (Å²) >= 11 is 5.21. The highest BCUT2D eigenvalue weighted by molar-refractivity contribution is 9.08. The van der Waals surface area contributed by atoms with Gasteiger partial charge in [0, 0.05) is 16.6 Å². The predicted molar refractivity (Wildman–Crippen MR) is 83.8 cm³/mol. The molecule has 0 saturated carbocycles. The monoisotopic (exact) mass is 340 g/mol. The maximum atomic E-state index is 5.83. The molecule has 2 aromatic rings. The van der Waals surface area contributed by atoms with E-state index in [0.717, 1.165) is 23.2 Å². The van der Waals surface area contributed by atoms with E-state index in [1.807, 2.05) is 19.1 Å². The molecule has 0 fully saturated rings. The summed E-state index contributed by atoms with van der Waals surface area (Å²) in [5.74, 6) is 1.65. The van der Waals surface area contributed by atoms with Gasteiger partial charge in [0.2, 0.25) is 0 Å². The second kappa shape index (κ2) is 7.56. The van der Waals surface area contributed by atoms with Crippen LogP contribution in [0.15, 0.2) is 35.7 Å². The molecule has 0 amide bonds. The zero-order chi connectivity index (χ0) is 13.5. The quantitative estimate of drug-likeness (QED) is 0.682. The van der Waals surface area contributed by atoms with Crippen molar-refractivity contribution in [2.75, 3.05) is 13.2 Å². The van der Waals surface area contributed by atoms with Crippen molar-refractivity contribution < 1.29 is 9.47 Å². The lowest BCUT2D eigenvalue weighted by molar-refractivity contribution is 0.279. The zero-order valence-electron chi connectivity index (χ0n) is 10.9. The molecule has 19 heavy (non-hydrogen) atoms. The third-order valence-electron chi connectivity index (χ3n) is 2.65. The summed E-state index contributed by atoms with van der Waals surface area (Å²) in [7, 11) is 0. The van der Waals surface area contributed by atoms with Gasteiger partial charge in [-0.05, 0) is 36.1 Å². The molecule has 0 aliphatic rings. The lowest BCUT2D eigenvalue weighted by atomic mass is 10.2. The zero-order valence-corrected chi connectivity index (χ0v) is 13.3. The van der Waals surface area contributed by atoms with Gasteiger partial charge < -0.3 is 9.47 Å². The Morgan fingerprint density at radius 1 is 1.16 bits per heavy atom. The summed E-state index contributed by atoms with van der Waals surface area (Å²) in [4.78, 5) is 1.34. The second-order valence-corrected chi connectivity index (χ2v) is 5.62. The van der Waals surface area contributed by atoms with Crippen molar-refractivity contribution in [2.45, 2.75) is 18.7 Å². The van der Waals surface area contributed by atoms with E-state index in [1.165, 1.54) is 10.4 Å². The van der Waals surface area contributed by atoms with Crippen molar-refractivity contribution in [3.63, 3.8) is 0 Å². The van der Waals surface area contributed by atoms with Gasteiger partial charge >= 0.3 is 0 Å². The Bertz CT molecular complexity index is 497. The van der Waals surface area contributed by atoms with E-state index in [1.54, 1.807) is 11.3 Å². The molecule has 0 unspecified atom stereocenters. The molecule has 0 aliphatic heterocycles. The highest BCUT2D eigenvalue weighted by Crippen LogP contribution is 2.29. The largest absolute Gasteiger partial charge is 0.490 e. The molecule has 2 nitrogen and oxygen atoms in total. The summed E-state index contributed by atoms with van der Waals surface area (Å²) < 4.78 is 11.5. The molecule has 1 aromatic heterocycles. The van der Waals surface area contributed by atoms with Crippen LogP contribution >= 0.6 is 27.3 Å². The van der Waals surface area contributed by atoms with E-state index in [0.29, 0.717) is 13.2 Å². The number of ether oxygens (including phenoxy) is 2. The maximum Gasteiger partial charge on any atom is 0.161 e. The van der Waals surface area contributed by atoms with Crippen LogP contribution in [0.4, 0.5) is 0 Å². The van der Waals surface area contributed by atoms with E-state index in [9.17, 15) is 0 Å². The van der Waals surface area contributed by atoms with E-state index >= 15 is 0 Å². The van der Waals surface area contributed by atoms with Crippen molar-refractivity contribution >= 4 is 27.3 Å². The molecule has 102 valence electrons. The maximum absolute atomic E-state index is 5.83. The molecule has 0 atom stereocenters. The van der Waals surface area contributed by atoms with Crippen LogP contribution in [0.3, 0.4) is 0 Å². The normalized spacial score (nSPS) is 10.4. The van der Waals surface area contributed by atoms with Gasteiger partial charge in [0.25, 0.3) is 0 Å². The molecule has 0 spiro atoms. The fourth-order valence-corrected chi connectivity index (χ4v) is 2.78. The number of thiophene rings is 1. The van der Waals surface area contributed by atoms with Crippen LogP contribution in [0.5, 0.6) is 11.5 Å². The molecule has 2 rings (SSSR count). The number of benzene rings is 1. The average Bonchev–Trinajstić information content (AvgIpc) is 2.94. The second-order valence-electron chi connectivity index (χ2n) is 4.03. The first-order chi connectivity index (χ1) is 9.33. The SMILES string of the molecule is CCOc1cc(CBr)ccc1OCCc1cccs1. The molecule has 0 aliphatic carbocycles. The van der Waals surface area contributed by atoms with E-state index < -0.39 is 0 Å². The molecule has 1 heterocycles. The Kier molecular flexibility index (Phi) is 5.73. The van der Waals surface area contributed by atoms with E-state index in [2.05, 4.69) is 39.5 Å². The standard InChI is InChI=1S/C15H17BrO2S/c1-2-17-15-10-12(11-16)5-6-14(15)18-8-7-13-4-3-9-19-13/h3-6,9-10H,2,7-8,11H2,1H3. The van der Waals surface area contributed by atoms with Crippen molar-refractivity contribution in [3.8, 4) is 11.5 Å². The Balaban J connectivity index is 1.98. The van der Waals surface area contributed by atoms with Crippen LogP contribution in [-0.2, 0) is 11.8 Å². The minimum atomic E-state index is 0.646. The highest BCUT2D eigenvalue weighted by Gasteiger charge is 2.06. The summed E-state index contributed by atoms with van der Waals surface area (Å²) in [6.45, 7) is 3.30. The summed E-state index contributed by atoms with van der Waals surface area (Å²) in [5.41, 5.74) is 1.19. The molecule has 0 bridgehead atoms. The third-order valence-corrected chi connectivity index (χ3v) is 4.23. The van der Waals surface area contributed by atoms with Crippen LogP contribution in [0.1, 0.15) is 17.4 Å². The van der Waals surface area contributed by atoms with Gasteiger partial charge in [-0.25, -0.2) is 0 Å². The molecule has 4 heteroatoms. The van der Waals surface area contributed by atoms with Crippen molar-refractivity contribution in [1.29, 1.82) is 0 Å². The smallest absolute Gasteiger partial charge is 0.161 e. The summed E-state index contributed by atoms with van der Waals surface area (Å²) in [5, 5.41) is 2.91. The number of hydrogen-bond donors (Lipinski definition) is 0. The Labute approximate surface area is 126 Å².